The highest BCUT2D eigenvalue weighted by Crippen LogP contribution is 2.20. The summed E-state index contributed by atoms with van der Waals surface area (Å²) in [7, 11) is 1.79. The van der Waals surface area contributed by atoms with E-state index in [0.717, 1.165) is 19.6 Å². The summed E-state index contributed by atoms with van der Waals surface area (Å²) >= 11 is 6.09. The molecular formula is C23H29ClN4O2. The second kappa shape index (κ2) is 10.6. The van der Waals surface area contributed by atoms with Gasteiger partial charge in [0.15, 0.2) is 0 Å². The van der Waals surface area contributed by atoms with E-state index in [2.05, 4.69) is 34.5 Å². The molecule has 1 fully saturated rings. The van der Waals surface area contributed by atoms with Gasteiger partial charge in [-0.2, -0.15) is 0 Å². The van der Waals surface area contributed by atoms with Crippen LogP contribution in [-0.2, 0) is 16.1 Å². The molecule has 0 spiro atoms. The van der Waals surface area contributed by atoms with Crippen LogP contribution in [-0.4, -0.2) is 72.3 Å². The zero-order chi connectivity index (χ0) is 21.5. The number of anilines is 1. The van der Waals surface area contributed by atoms with Crippen LogP contribution >= 0.6 is 11.6 Å². The fraction of sp³-hybridized carbons (Fsp3) is 0.391. The number of likely N-dealkylation sites (N-methyl/N-ethyl adjacent to an activating group) is 1. The minimum atomic E-state index is -0.373. The van der Waals surface area contributed by atoms with Crippen LogP contribution < -0.4 is 5.32 Å². The van der Waals surface area contributed by atoms with Crippen LogP contribution in [0.1, 0.15) is 12.5 Å². The normalized spacial score (nSPS) is 15.8. The monoisotopic (exact) mass is 428 g/mol. The Labute approximate surface area is 183 Å². The van der Waals surface area contributed by atoms with Gasteiger partial charge in [0, 0.05) is 32.7 Å². The number of hydrogen-bond donors (Lipinski definition) is 1. The van der Waals surface area contributed by atoms with Gasteiger partial charge < -0.3 is 10.2 Å². The van der Waals surface area contributed by atoms with E-state index >= 15 is 0 Å². The second-order valence-electron chi connectivity index (χ2n) is 7.71. The summed E-state index contributed by atoms with van der Waals surface area (Å²) in [6.07, 6.45) is 0. The molecule has 2 aromatic rings. The van der Waals surface area contributed by atoms with Crippen LogP contribution in [0, 0.1) is 0 Å². The van der Waals surface area contributed by atoms with Crippen molar-refractivity contribution in [3.8, 4) is 0 Å². The van der Waals surface area contributed by atoms with E-state index in [-0.39, 0.29) is 24.4 Å². The third kappa shape index (κ3) is 6.05. The maximum atomic E-state index is 12.9. The molecule has 0 saturated carbocycles. The molecule has 2 aromatic carbocycles. The summed E-state index contributed by atoms with van der Waals surface area (Å²) in [6, 6.07) is 17.1. The van der Waals surface area contributed by atoms with Crippen LogP contribution in [0.5, 0.6) is 0 Å². The first-order chi connectivity index (χ1) is 14.4. The van der Waals surface area contributed by atoms with Crippen LogP contribution in [0.2, 0.25) is 5.02 Å². The fourth-order valence-electron chi connectivity index (χ4n) is 3.54. The van der Waals surface area contributed by atoms with Gasteiger partial charge in [-0.05, 0) is 31.7 Å². The average Bonchev–Trinajstić information content (AvgIpc) is 2.75. The highest BCUT2D eigenvalue weighted by atomic mass is 35.5. The van der Waals surface area contributed by atoms with E-state index in [1.165, 1.54) is 5.56 Å². The van der Waals surface area contributed by atoms with Gasteiger partial charge in [-0.25, -0.2) is 0 Å². The molecular weight excluding hydrogens is 400 g/mol. The topological polar surface area (TPSA) is 55.9 Å². The lowest BCUT2D eigenvalue weighted by molar-refractivity contribution is -0.138. The number of nitrogens with zero attached hydrogens (tertiary/aromatic N) is 3. The molecule has 2 amide bonds. The Hall–Kier alpha value is -2.41. The Morgan fingerprint density at radius 2 is 1.67 bits per heavy atom. The third-order valence-electron chi connectivity index (χ3n) is 5.49. The number of piperazine rings is 1. The predicted molar refractivity (Wildman–Crippen MR) is 120 cm³/mol. The summed E-state index contributed by atoms with van der Waals surface area (Å²) in [5.74, 6) is -0.139. The smallest absolute Gasteiger partial charge is 0.239 e. The highest BCUT2D eigenvalue weighted by molar-refractivity contribution is 6.33. The molecule has 0 unspecified atom stereocenters. The molecule has 3 rings (SSSR count). The average molecular weight is 429 g/mol. The van der Waals surface area contributed by atoms with Crippen LogP contribution in [0.25, 0.3) is 0 Å². The molecule has 1 N–H and O–H groups in total. The first-order valence-electron chi connectivity index (χ1n) is 10.2. The molecule has 7 heteroatoms. The number of amides is 2. The Morgan fingerprint density at radius 1 is 1.03 bits per heavy atom. The number of benzene rings is 2. The maximum absolute atomic E-state index is 12.9. The van der Waals surface area contributed by atoms with Crippen molar-refractivity contribution in [1.29, 1.82) is 0 Å². The Morgan fingerprint density at radius 3 is 2.33 bits per heavy atom. The zero-order valence-corrected chi connectivity index (χ0v) is 18.3. The van der Waals surface area contributed by atoms with Gasteiger partial charge in [0.25, 0.3) is 0 Å². The largest absolute Gasteiger partial charge is 0.339 e. The summed E-state index contributed by atoms with van der Waals surface area (Å²) in [6.45, 7) is 5.98. The molecule has 0 radical (unpaired) electrons. The van der Waals surface area contributed by atoms with E-state index in [1.807, 2.05) is 30.0 Å². The lowest BCUT2D eigenvalue weighted by Crippen LogP contribution is -2.54. The van der Waals surface area contributed by atoms with Crippen molar-refractivity contribution in [2.75, 3.05) is 45.1 Å². The van der Waals surface area contributed by atoms with Gasteiger partial charge in [-0.15, -0.1) is 0 Å². The summed E-state index contributed by atoms with van der Waals surface area (Å²) in [5, 5.41) is 3.29. The Kier molecular flexibility index (Phi) is 7.85. The molecule has 0 aliphatic carbocycles. The fourth-order valence-corrected chi connectivity index (χ4v) is 3.72. The lowest BCUT2D eigenvalue weighted by Gasteiger charge is -2.37. The minimum absolute atomic E-state index is 0.0578. The van der Waals surface area contributed by atoms with Crippen molar-refractivity contribution < 1.29 is 9.59 Å². The van der Waals surface area contributed by atoms with Crippen molar-refractivity contribution in [1.82, 2.24) is 14.7 Å². The van der Waals surface area contributed by atoms with Gasteiger partial charge >= 0.3 is 0 Å². The highest BCUT2D eigenvalue weighted by Gasteiger charge is 2.28. The van der Waals surface area contributed by atoms with E-state index in [9.17, 15) is 9.59 Å². The van der Waals surface area contributed by atoms with Crippen LogP contribution in [0.15, 0.2) is 54.6 Å². The number of carbonyl (C=O) groups is 2. The zero-order valence-electron chi connectivity index (χ0n) is 17.6. The van der Waals surface area contributed by atoms with Crippen molar-refractivity contribution in [2.24, 2.45) is 0 Å². The summed E-state index contributed by atoms with van der Waals surface area (Å²) in [4.78, 5) is 31.3. The predicted octanol–water partition coefficient (Wildman–Crippen LogP) is 2.94. The Balaban J connectivity index is 1.45. The number of halogens is 1. The van der Waals surface area contributed by atoms with Gasteiger partial charge in [-0.1, -0.05) is 54.1 Å². The van der Waals surface area contributed by atoms with Crippen molar-refractivity contribution in [2.45, 2.75) is 19.5 Å². The molecule has 30 heavy (non-hydrogen) atoms. The van der Waals surface area contributed by atoms with E-state index in [0.29, 0.717) is 23.8 Å². The quantitative estimate of drug-likeness (QED) is 0.736. The first kappa shape index (κ1) is 22.3. The summed E-state index contributed by atoms with van der Waals surface area (Å²) in [5.41, 5.74) is 1.86. The number of carbonyl (C=O) groups excluding carboxylic acids is 2. The summed E-state index contributed by atoms with van der Waals surface area (Å²) < 4.78 is 0. The van der Waals surface area contributed by atoms with Gasteiger partial charge in [0.2, 0.25) is 11.8 Å². The number of rotatable bonds is 7. The van der Waals surface area contributed by atoms with Crippen molar-refractivity contribution in [3.63, 3.8) is 0 Å². The maximum Gasteiger partial charge on any atom is 0.239 e. The van der Waals surface area contributed by atoms with E-state index in [1.54, 1.807) is 24.1 Å². The minimum Gasteiger partial charge on any atom is -0.339 e. The van der Waals surface area contributed by atoms with Crippen molar-refractivity contribution in [3.05, 3.63) is 65.2 Å². The van der Waals surface area contributed by atoms with Gasteiger partial charge in [-0.3, -0.25) is 19.4 Å². The van der Waals surface area contributed by atoms with Crippen molar-refractivity contribution >= 4 is 29.1 Å². The molecule has 1 aliphatic heterocycles. The lowest BCUT2D eigenvalue weighted by atomic mass is 10.2. The van der Waals surface area contributed by atoms with E-state index in [4.69, 9.17) is 11.6 Å². The molecule has 0 bridgehead atoms. The van der Waals surface area contributed by atoms with Crippen LogP contribution in [0.4, 0.5) is 5.69 Å². The van der Waals surface area contributed by atoms with Gasteiger partial charge in [0.1, 0.15) is 0 Å². The molecule has 1 saturated heterocycles. The first-order valence-corrected chi connectivity index (χ1v) is 10.6. The molecule has 1 atom stereocenters. The molecule has 0 aromatic heterocycles. The molecule has 160 valence electrons. The molecule has 1 aliphatic rings. The van der Waals surface area contributed by atoms with Gasteiger partial charge in [0.05, 0.1) is 23.3 Å². The Bertz CT molecular complexity index is 853. The van der Waals surface area contributed by atoms with E-state index < -0.39 is 0 Å². The molecule has 1 heterocycles. The third-order valence-corrected chi connectivity index (χ3v) is 5.82. The SMILES string of the molecule is C[C@@H](C(=O)N1CCN(Cc2ccccc2)CC1)N(C)CC(=O)Nc1ccccc1Cl. The molecule has 6 nitrogen and oxygen atoms in total. The van der Waals surface area contributed by atoms with Crippen LogP contribution in [0.3, 0.4) is 0 Å². The second-order valence-corrected chi connectivity index (χ2v) is 8.11. The number of para-hydroxylation sites is 1. The number of nitrogens with one attached hydrogen (secondary N) is 1. The number of hydrogen-bond acceptors (Lipinski definition) is 4. The standard InChI is InChI=1S/C23H29ClN4O2/c1-18(26(2)17-22(29)25-21-11-7-6-10-20(21)24)23(30)28-14-12-27(13-15-28)16-19-8-4-3-5-9-19/h3-11,18H,12-17H2,1-2H3,(H,25,29)/t18-/m0/s1.